The number of hydrogen-bond donors (Lipinski definition) is 3. The van der Waals surface area contributed by atoms with Crippen molar-refractivity contribution in [2.75, 3.05) is 33.7 Å². The van der Waals surface area contributed by atoms with Crippen molar-refractivity contribution in [1.82, 2.24) is 40.0 Å². The molecule has 242 valence electrons. The predicted octanol–water partition coefficient (Wildman–Crippen LogP) is 4.75. The molecule has 4 heterocycles. The second-order valence-electron chi connectivity index (χ2n) is 11.6. The first-order chi connectivity index (χ1) is 21.9. The second kappa shape index (κ2) is 15.8. The number of benzene rings is 1. The van der Waals surface area contributed by atoms with E-state index in [-0.39, 0.29) is 23.9 Å². The van der Waals surface area contributed by atoms with Gasteiger partial charge in [-0.25, -0.2) is 9.97 Å². The number of fused-ring (bicyclic) bond motifs is 2. The Hall–Kier alpha value is -4.02. The third-order valence-electron chi connectivity index (χ3n) is 7.94. The van der Waals surface area contributed by atoms with Crippen LogP contribution < -0.4 is 16.0 Å². The summed E-state index contributed by atoms with van der Waals surface area (Å²) in [5.41, 5.74) is 4.36. The zero-order valence-corrected chi connectivity index (χ0v) is 27.9. The highest BCUT2D eigenvalue weighted by molar-refractivity contribution is 5.98. The lowest BCUT2D eigenvalue weighted by Gasteiger charge is -2.31. The van der Waals surface area contributed by atoms with E-state index in [0.717, 1.165) is 40.1 Å². The van der Waals surface area contributed by atoms with Crippen LogP contribution >= 0.6 is 0 Å². The van der Waals surface area contributed by atoms with Gasteiger partial charge >= 0.3 is 0 Å². The first kappa shape index (κ1) is 33.9. The first-order valence-corrected chi connectivity index (χ1v) is 16.4. The minimum atomic E-state index is -0.143. The van der Waals surface area contributed by atoms with Gasteiger partial charge in [0.25, 0.3) is 5.91 Å². The van der Waals surface area contributed by atoms with Gasteiger partial charge in [-0.05, 0) is 75.7 Å². The Bertz CT molecular complexity index is 1610. The topological polar surface area (TPSA) is 109 Å². The fraction of sp³-hybridized carbons (Fsp3) is 0.486. The lowest BCUT2D eigenvalue weighted by atomic mass is 10.0. The van der Waals surface area contributed by atoms with Crippen LogP contribution in [0.5, 0.6) is 0 Å². The number of pyridine rings is 1. The van der Waals surface area contributed by atoms with Crippen molar-refractivity contribution in [3.8, 4) is 11.5 Å². The number of hydrogen-bond acceptors (Lipinski definition) is 6. The Kier molecular flexibility index (Phi) is 11.9. The van der Waals surface area contributed by atoms with Crippen LogP contribution in [0, 0.1) is 5.92 Å². The normalized spacial score (nSPS) is 18.0. The lowest BCUT2D eigenvalue weighted by Crippen LogP contribution is -2.55. The summed E-state index contributed by atoms with van der Waals surface area (Å²) in [6.07, 6.45) is 8.43. The number of rotatable bonds is 9. The number of carbonyl (C=O) groups excluding carboxylic acids is 2. The van der Waals surface area contributed by atoms with Crippen molar-refractivity contribution < 1.29 is 9.59 Å². The van der Waals surface area contributed by atoms with Gasteiger partial charge in [0, 0.05) is 68.5 Å². The van der Waals surface area contributed by atoms with E-state index < -0.39 is 0 Å². The lowest BCUT2D eigenvalue weighted by molar-refractivity contribution is -0.117. The highest BCUT2D eigenvalue weighted by Crippen LogP contribution is 2.35. The molecule has 6 rings (SSSR count). The van der Waals surface area contributed by atoms with Crippen molar-refractivity contribution in [1.29, 1.82) is 0 Å². The molecule has 1 aromatic carbocycles. The average Bonchev–Trinajstić information content (AvgIpc) is 3.72. The molecule has 2 aliphatic rings. The van der Waals surface area contributed by atoms with Gasteiger partial charge in [-0.15, -0.1) is 0 Å². The Morgan fingerprint density at radius 3 is 2.49 bits per heavy atom. The zero-order chi connectivity index (χ0) is 32.5. The molecule has 2 unspecified atom stereocenters. The fourth-order valence-corrected chi connectivity index (χ4v) is 5.64. The van der Waals surface area contributed by atoms with Crippen molar-refractivity contribution >= 4 is 33.9 Å². The van der Waals surface area contributed by atoms with Gasteiger partial charge in [0.1, 0.15) is 5.65 Å². The van der Waals surface area contributed by atoms with E-state index >= 15 is 0 Å². The van der Waals surface area contributed by atoms with Crippen LogP contribution in [-0.4, -0.2) is 81.6 Å². The number of carbonyl (C=O) groups is 2. The summed E-state index contributed by atoms with van der Waals surface area (Å²) in [4.78, 5) is 37.2. The predicted molar refractivity (Wildman–Crippen MR) is 183 cm³/mol. The molecule has 1 aliphatic carbocycles. The summed E-state index contributed by atoms with van der Waals surface area (Å²) in [6.45, 7) is 11.0. The highest BCUT2D eigenvalue weighted by Gasteiger charge is 2.27. The molecule has 2 atom stereocenters. The Balaban J connectivity index is 0.00000111. The largest absolute Gasteiger partial charge is 0.348 e. The molecular weight excluding hydrogens is 564 g/mol. The molecule has 1 saturated carbocycles. The fourth-order valence-electron chi connectivity index (χ4n) is 5.64. The van der Waals surface area contributed by atoms with Gasteiger partial charge < -0.3 is 30.0 Å². The van der Waals surface area contributed by atoms with Gasteiger partial charge in [0.2, 0.25) is 5.91 Å². The summed E-state index contributed by atoms with van der Waals surface area (Å²) < 4.78 is 4.39. The van der Waals surface area contributed by atoms with Gasteiger partial charge in [-0.1, -0.05) is 33.8 Å². The van der Waals surface area contributed by atoms with Crippen molar-refractivity contribution in [2.45, 2.75) is 65.6 Å². The molecule has 3 N–H and O–H groups in total. The van der Waals surface area contributed by atoms with Crippen LogP contribution in [0.3, 0.4) is 0 Å². The minimum absolute atomic E-state index is 0.0525. The number of aromatic nitrogens is 4. The van der Waals surface area contributed by atoms with E-state index in [1.807, 2.05) is 90.3 Å². The van der Waals surface area contributed by atoms with Crippen LogP contribution in [0.25, 0.3) is 33.6 Å². The number of piperidine rings is 1. The van der Waals surface area contributed by atoms with Crippen LogP contribution in [-0.2, 0) is 18.4 Å². The average molecular weight is 615 g/mol. The monoisotopic (exact) mass is 614 g/mol. The van der Waals surface area contributed by atoms with Gasteiger partial charge in [0.05, 0.1) is 16.7 Å². The summed E-state index contributed by atoms with van der Waals surface area (Å²) >= 11 is 0. The standard InChI is InChI=1S/C31H38N8O2.2C2H6/c1-37(2)13-5-7-28(40)34-23-16-24(18-32-17-23)35-31(41)22-10-11-26-25(14-22)36-30(38(26)3)27-15-21-6-4-12-33-29(21)39(27)19-20-8-9-20;2*1-2/h4-7,10-12,14-15,20,23-24,32H,8-9,13,16-19H2,1-3H3,(H,34,40)(H,35,41);2*1-2H3/b7-5+;;. The molecule has 0 bridgehead atoms. The van der Waals surface area contributed by atoms with E-state index in [9.17, 15) is 9.59 Å². The van der Waals surface area contributed by atoms with Crippen LogP contribution in [0.2, 0.25) is 0 Å². The number of amides is 2. The quantitative estimate of drug-likeness (QED) is 0.235. The van der Waals surface area contributed by atoms with Crippen LogP contribution in [0.4, 0.5) is 0 Å². The second-order valence-corrected chi connectivity index (χ2v) is 11.6. The van der Waals surface area contributed by atoms with Gasteiger partial charge in [-0.2, -0.15) is 0 Å². The molecule has 10 heteroatoms. The maximum absolute atomic E-state index is 13.3. The first-order valence-electron chi connectivity index (χ1n) is 16.4. The SMILES string of the molecule is CC.CC.CN(C)C/C=C/C(=O)NC1CNCC(NC(=O)c2ccc3c(c2)nc(-c2cc4cccnc4n2CC2CC2)n3C)C1. The number of nitrogens with zero attached hydrogens (tertiary/aromatic N) is 5. The summed E-state index contributed by atoms with van der Waals surface area (Å²) in [7, 11) is 5.94. The van der Waals surface area contributed by atoms with Crippen molar-refractivity contribution in [3.63, 3.8) is 0 Å². The molecule has 1 saturated heterocycles. The zero-order valence-electron chi connectivity index (χ0n) is 27.9. The van der Waals surface area contributed by atoms with E-state index in [2.05, 4.69) is 42.2 Å². The molecule has 1 aliphatic heterocycles. The Labute approximate surface area is 267 Å². The molecule has 45 heavy (non-hydrogen) atoms. The molecule has 4 aromatic rings. The number of likely N-dealkylation sites (N-methyl/N-ethyl adjacent to an activating group) is 1. The minimum Gasteiger partial charge on any atom is -0.348 e. The maximum Gasteiger partial charge on any atom is 0.251 e. The molecule has 0 radical (unpaired) electrons. The smallest absolute Gasteiger partial charge is 0.251 e. The number of imidazole rings is 1. The van der Waals surface area contributed by atoms with Crippen LogP contribution in [0.15, 0.2) is 54.7 Å². The van der Waals surface area contributed by atoms with Crippen molar-refractivity contribution in [3.05, 3.63) is 60.3 Å². The molecular formula is C35H50N8O2. The summed E-state index contributed by atoms with van der Waals surface area (Å²) in [6, 6.07) is 11.8. The Morgan fingerprint density at radius 1 is 1.04 bits per heavy atom. The third kappa shape index (κ3) is 8.38. The van der Waals surface area contributed by atoms with E-state index in [0.29, 0.717) is 37.5 Å². The van der Waals surface area contributed by atoms with Gasteiger partial charge in [-0.3, -0.25) is 9.59 Å². The molecule has 3 aromatic heterocycles. The number of aryl methyl sites for hydroxylation is 1. The highest BCUT2D eigenvalue weighted by atomic mass is 16.2. The summed E-state index contributed by atoms with van der Waals surface area (Å²) in [5.74, 6) is 1.30. The molecule has 0 spiro atoms. The molecule has 10 nitrogen and oxygen atoms in total. The number of nitrogens with one attached hydrogen (secondary N) is 3. The summed E-state index contributed by atoms with van der Waals surface area (Å²) in [5, 5.41) is 10.6. The van der Waals surface area contributed by atoms with Crippen LogP contribution in [0.1, 0.15) is 57.3 Å². The van der Waals surface area contributed by atoms with E-state index in [1.165, 1.54) is 12.8 Å². The maximum atomic E-state index is 13.3. The third-order valence-corrected chi connectivity index (χ3v) is 7.94. The Morgan fingerprint density at radius 2 is 1.78 bits per heavy atom. The molecule has 2 fully saturated rings. The van der Waals surface area contributed by atoms with E-state index in [4.69, 9.17) is 4.98 Å². The molecule has 2 amide bonds. The van der Waals surface area contributed by atoms with Crippen molar-refractivity contribution in [2.24, 2.45) is 13.0 Å². The van der Waals surface area contributed by atoms with Gasteiger partial charge in [0.15, 0.2) is 5.82 Å². The van der Waals surface area contributed by atoms with E-state index in [1.54, 1.807) is 6.08 Å².